The van der Waals surface area contributed by atoms with Gasteiger partial charge in [0.25, 0.3) is 0 Å². The van der Waals surface area contributed by atoms with E-state index in [9.17, 15) is 22.8 Å². The van der Waals surface area contributed by atoms with E-state index in [0.29, 0.717) is 5.69 Å². The molecular weight excluding hydrogens is 261 g/mol. The van der Waals surface area contributed by atoms with Crippen LogP contribution in [0.4, 0.5) is 13.2 Å². The van der Waals surface area contributed by atoms with Crippen molar-refractivity contribution in [3.63, 3.8) is 0 Å². The van der Waals surface area contributed by atoms with E-state index in [1.165, 1.54) is 5.38 Å². The van der Waals surface area contributed by atoms with Gasteiger partial charge in [0.2, 0.25) is 5.01 Å². The smallest absolute Gasteiger partial charge is 0.471 e. The molecule has 0 fully saturated rings. The lowest BCUT2D eigenvalue weighted by atomic mass is 10.3. The molecule has 0 unspecified atom stereocenters. The topological polar surface area (TPSA) is 79.3 Å². The Balaban J connectivity index is 2.41. The molecule has 0 aliphatic heterocycles. The highest BCUT2D eigenvalue weighted by Gasteiger charge is 2.38. The van der Waals surface area contributed by atoms with Crippen molar-refractivity contribution in [3.8, 4) is 0 Å². The molecule has 0 bridgehead atoms. The Morgan fingerprint density at radius 3 is 2.59 bits per heavy atom. The van der Waals surface area contributed by atoms with Crippen molar-refractivity contribution in [2.24, 2.45) is 0 Å². The first-order valence-electron chi connectivity index (χ1n) is 4.33. The van der Waals surface area contributed by atoms with Crippen LogP contribution in [0.15, 0.2) is 5.38 Å². The molecule has 1 heterocycles. The van der Waals surface area contributed by atoms with Crippen LogP contribution in [-0.2, 0) is 11.2 Å². The van der Waals surface area contributed by atoms with Crippen molar-refractivity contribution in [2.45, 2.75) is 12.6 Å². The number of aromatic carboxylic acids is 1. The number of hydrogen-bond donors (Lipinski definition) is 2. The fourth-order valence-electron chi connectivity index (χ4n) is 0.924. The van der Waals surface area contributed by atoms with Gasteiger partial charge in [-0.25, -0.2) is 9.78 Å². The van der Waals surface area contributed by atoms with Gasteiger partial charge < -0.3 is 10.4 Å². The highest BCUT2D eigenvalue weighted by Crippen LogP contribution is 2.14. The lowest BCUT2D eigenvalue weighted by Crippen LogP contribution is -2.37. The summed E-state index contributed by atoms with van der Waals surface area (Å²) in [5.74, 6) is -3.22. The Hall–Kier alpha value is -1.64. The van der Waals surface area contributed by atoms with E-state index in [1.54, 1.807) is 5.32 Å². The first kappa shape index (κ1) is 13.4. The highest BCUT2D eigenvalue weighted by molar-refractivity contribution is 7.11. The number of carbonyl (C=O) groups is 2. The summed E-state index contributed by atoms with van der Waals surface area (Å²) in [4.78, 5) is 24.5. The molecule has 0 radical (unpaired) electrons. The molecule has 94 valence electrons. The van der Waals surface area contributed by atoms with Gasteiger partial charge in [-0.05, 0) is 0 Å². The second-order valence-corrected chi connectivity index (χ2v) is 3.81. The van der Waals surface area contributed by atoms with Crippen LogP contribution in [0.3, 0.4) is 0 Å². The summed E-state index contributed by atoms with van der Waals surface area (Å²) >= 11 is 0.876. The Bertz CT molecular complexity index is 430. The maximum absolute atomic E-state index is 11.8. The number of amides is 1. The van der Waals surface area contributed by atoms with Crippen LogP contribution >= 0.6 is 11.3 Å². The lowest BCUT2D eigenvalue weighted by molar-refractivity contribution is -0.173. The molecule has 0 saturated heterocycles. The minimum atomic E-state index is -4.91. The maximum Gasteiger partial charge on any atom is 0.471 e. The van der Waals surface area contributed by atoms with E-state index < -0.39 is 18.1 Å². The largest absolute Gasteiger partial charge is 0.476 e. The fraction of sp³-hybridized carbons (Fsp3) is 0.375. The number of carboxylic acids is 1. The van der Waals surface area contributed by atoms with Gasteiger partial charge in [-0.2, -0.15) is 13.2 Å². The molecule has 1 amide bonds. The Morgan fingerprint density at radius 2 is 2.12 bits per heavy atom. The summed E-state index contributed by atoms with van der Waals surface area (Å²) in [6.45, 7) is -0.249. The molecule has 0 aliphatic rings. The Labute approximate surface area is 97.3 Å². The number of carbonyl (C=O) groups excluding carboxylic acids is 1. The van der Waals surface area contributed by atoms with E-state index >= 15 is 0 Å². The summed E-state index contributed by atoms with van der Waals surface area (Å²) in [6, 6.07) is 0. The first-order chi connectivity index (χ1) is 7.80. The monoisotopic (exact) mass is 268 g/mol. The zero-order chi connectivity index (χ0) is 13.1. The van der Waals surface area contributed by atoms with Crippen molar-refractivity contribution in [3.05, 3.63) is 16.1 Å². The number of carboxylic acid groups (broad SMARTS) is 1. The van der Waals surface area contributed by atoms with Gasteiger partial charge in [0.05, 0.1) is 5.69 Å². The second-order valence-electron chi connectivity index (χ2n) is 2.95. The van der Waals surface area contributed by atoms with E-state index in [2.05, 4.69) is 4.98 Å². The average Bonchev–Trinajstić information content (AvgIpc) is 2.64. The average molecular weight is 268 g/mol. The highest BCUT2D eigenvalue weighted by atomic mass is 32.1. The van der Waals surface area contributed by atoms with Crippen LogP contribution < -0.4 is 5.32 Å². The van der Waals surface area contributed by atoms with Gasteiger partial charge in [0.1, 0.15) is 0 Å². The molecule has 1 rings (SSSR count). The molecule has 9 heteroatoms. The van der Waals surface area contributed by atoms with Crippen LogP contribution in [0.1, 0.15) is 15.5 Å². The summed E-state index contributed by atoms with van der Waals surface area (Å²) in [5.41, 5.74) is 0.329. The first-order valence-corrected chi connectivity index (χ1v) is 5.21. The van der Waals surface area contributed by atoms with E-state index in [4.69, 9.17) is 5.11 Å². The maximum atomic E-state index is 11.8. The quantitative estimate of drug-likeness (QED) is 0.855. The van der Waals surface area contributed by atoms with Crippen LogP contribution in [0.5, 0.6) is 0 Å². The predicted octanol–water partition coefficient (Wildman–Crippen LogP) is 1.06. The van der Waals surface area contributed by atoms with Gasteiger partial charge in [0, 0.05) is 18.3 Å². The molecular formula is C8H7F3N2O3S. The minimum absolute atomic E-state index is 0.0472. The fourth-order valence-corrected chi connectivity index (χ4v) is 1.61. The van der Waals surface area contributed by atoms with Crippen LogP contribution in [0.2, 0.25) is 0 Å². The van der Waals surface area contributed by atoms with Crippen LogP contribution in [0.25, 0.3) is 0 Å². The van der Waals surface area contributed by atoms with Crippen molar-refractivity contribution >= 4 is 23.2 Å². The van der Waals surface area contributed by atoms with Gasteiger partial charge in [0.15, 0.2) is 0 Å². The molecule has 2 N–H and O–H groups in total. The summed E-state index contributed by atoms with van der Waals surface area (Å²) in [5, 5.41) is 11.5. The van der Waals surface area contributed by atoms with Gasteiger partial charge in [-0.15, -0.1) is 11.3 Å². The van der Waals surface area contributed by atoms with Crippen molar-refractivity contribution < 1.29 is 27.9 Å². The van der Waals surface area contributed by atoms with Gasteiger partial charge in [-0.3, -0.25) is 4.79 Å². The number of hydrogen-bond acceptors (Lipinski definition) is 4. The number of rotatable bonds is 4. The Kier molecular flexibility index (Phi) is 4.05. The number of thiazole rings is 1. The zero-order valence-corrected chi connectivity index (χ0v) is 9.06. The molecule has 0 saturated carbocycles. The van der Waals surface area contributed by atoms with E-state index in [1.807, 2.05) is 0 Å². The Morgan fingerprint density at radius 1 is 1.47 bits per heavy atom. The normalized spacial score (nSPS) is 11.2. The molecule has 0 aromatic carbocycles. The SMILES string of the molecule is O=C(O)c1nc(CCNC(=O)C(F)(F)F)cs1. The van der Waals surface area contributed by atoms with Crippen LogP contribution in [-0.4, -0.2) is 34.7 Å². The zero-order valence-electron chi connectivity index (χ0n) is 8.24. The van der Waals surface area contributed by atoms with E-state index in [0.717, 1.165) is 11.3 Å². The predicted molar refractivity (Wildman–Crippen MR) is 51.8 cm³/mol. The number of nitrogens with one attached hydrogen (secondary N) is 1. The van der Waals surface area contributed by atoms with Crippen molar-refractivity contribution in [1.29, 1.82) is 0 Å². The van der Waals surface area contributed by atoms with Crippen LogP contribution in [0, 0.1) is 0 Å². The molecule has 0 aliphatic carbocycles. The van der Waals surface area contributed by atoms with Gasteiger partial charge in [-0.1, -0.05) is 0 Å². The van der Waals surface area contributed by atoms with Crippen molar-refractivity contribution in [1.82, 2.24) is 10.3 Å². The summed E-state index contributed by atoms with van der Waals surface area (Å²) < 4.78 is 35.3. The number of halogens is 3. The van der Waals surface area contributed by atoms with Gasteiger partial charge >= 0.3 is 18.1 Å². The number of nitrogens with zero attached hydrogens (tertiary/aromatic N) is 1. The molecule has 1 aromatic rings. The van der Waals surface area contributed by atoms with E-state index in [-0.39, 0.29) is 18.0 Å². The number of aromatic nitrogens is 1. The third-order valence-electron chi connectivity index (χ3n) is 1.66. The number of alkyl halides is 3. The summed E-state index contributed by atoms with van der Waals surface area (Å²) in [6.07, 6.45) is -4.86. The minimum Gasteiger partial charge on any atom is -0.476 e. The van der Waals surface area contributed by atoms with Crippen molar-refractivity contribution in [2.75, 3.05) is 6.54 Å². The third-order valence-corrected chi connectivity index (χ3v) is 2.54. The molecule has 0 atom stereocenters. The lowest BCUT2D eigenvalue weighted by Gasteiger charge is -2.06. The second kappa shape index (κ2) is 5.13. The third kappa shape index (κ3) is 4.02. The molecule has 0 spiro atoms. The standard InChI is InChI=1S/C8H7F3N2O3S/c9-8(10,11)7(16)12-2-1-4-3-17-5(13-4)6(14)15/h3H,1-2H2,(H,12,16)(H,14,15). The molecule has 1 aromatic heterocycles. The molecule has 17 heavy (non-hydrogen) atoms. The molecule has 5 nitrogen and oxygen atoms in total. The summed E-state index contributed by atoms with van der Waals surface area (Å²) in [7, 11) is 0.